The predicted molar refractivity (Wildman–Crippen MR) is 98.8 cm³/mol. The first kappa shape index (κ1) is 17.7. The zero-order chi connectivity index (χ0) is 18.0. The number of sulfonamides is 1. The molecule has 3 aromatic rings. The largest absolute Gasteiger partial charge is 0.324 e. The van der Waals surface area contributed by atoms with Crippen LogP contribution in [-0.2, 0) is 17.1 Å². The van der Waals surface area contributed by atoms with E-state index in [9.17, 15) is 8.42 Å². The second kappa shape index (κ2) is 7.00. The molecule has 0 unspecified atom stereocenters. The van der Waals surface area contributed by atoms with Crippen molar-refractivity contribution in [2.24, 2.45) is 7.05 Å². The summed E-state index contributed by atoms with van der Waals surface area (Å²) in [7, 11) is -2.15. The molecule has 0 radical (unpaired) electrons. The summed E-state index contributed by atoms with van der Waals surface area (Å²) in [5, 5.41) is -0.0800. The third kappa shape index (κ3) is 3.76. The highest BCUT2D eigenvalue weighted by molar-refractivity contribution is 7.89. The molecule has 0 aliphatic carbocycles. The fourth-order valence-electron chi connectivity index (χ4n) is 2.53. The minimum atomic E-state index is -3.79. The summed E-state index contributed by atoms with van der Waals surface area (Å²) in [6, 6.07) is 17.4. The van der Waals surface area contributed by atoms with Gasteiger partial charge in [0.15, 0.2) is 0 Å². The van der Waals surface area contributed by atoms with Crippen LogP contribution in [0.15, 0.2) is 66.0 Å². The number of halogens is 1. The Balaban J connectivity index is 1.79. The monoisotopic (exact) mass is 375 g/mol. The number of benzene rings is 2. The van der Waals surface area contributed by atoms with Gasteiger partial charge in [-0.2, -0.15) is 0 Å². The molecule has 1 heterocycles. The first-order chi connectivity index (χ1) is 11.9. The lowest BCUT2D eigenvalue weighted by Crippen LogP contribution is -2.27. The Hall–Kier alpha value is -2.15. The van der Waals surface area contributed by atoms with Crippen LogP contribution in [0.5, 0.6) is 0 Å². The van der Waals surface area contributed by atoms with Crippen molar-refractivity contribution in [2.45, 2.75) is 18.0 Å². The van der Waals surface area contributed by atoms with Crippen LogP contribution in [0.4, 0.5) is 0 Å². The molecule has 25 heavy (non-hydrogen) atoms. The van der Waals surface area contributed by atoms with Crippen molar-refractivity contribution in [1.82, 2.24) is 14.3 Å². The number of rotatable bonds is 5. The van der Waals surface area contributed by atoms with Gasteiger partial charge in [-0.05, 0) is 23.6 Å². The highest BCUT2D eigenvalue weighted by Gasteiger charge is 2.24. The third-order valence-electron chi connectivity index (χ3n) is 3.94. The van der Waals surface area contributed by atoms with E-state index in [1.165, 1.54) is 10.9 Å². The lowest BCUT2D eigenvalue weighted by molar-refractivity contribution is 0.563. The first-order valence-electron chi connectivity index (χ1n) is 7.73. The molecule has 7 heteroatoms. The maximum atomic E-state index is 12.5. The van der Waals surface area contributed by atoms with E-state index in [1.54, 1.807) is 14.0 Å². The molecular weight excluding hydrogens is 358 g/mol. The van der Waals surface area contributed by atoms with Crippen LogP contribution in [0.2, 0.25) is 5.15 Å². The van der Waals surface area contributed by atoms with Gasteiger partial charge in [-0.1, -0.05) is 66.2 Å². The SMILES string of the molecule is C[C@H](NS(=O)(=O)c1ncn(C)c1Cl)c1ccc(-c2ccccc2)cc1. The maximum absolute atomic E-state index is 12.5. The van der Waals surface area contributed by atoms with Crippen LogP contribution < -0.4 is 4.72 Å². The summed E-state index contributed by atoms with van der Waals surface area (Å²) in [5.74, 6) is 0. The van der Waals surface area contributed by atoms with Gasteiger partial charge in [-0.25, -0.2) is 18.1 Å². The molecule has 5 nitrogen and oxygen atoms in total. The summed E-state index contributed by atoms with van der Waals surface area (Å²) in [6.45, 7) is 1.78. The number of aryl methyl sites for hydroxylation is 1. The Morgan fingerprint density at radius 3 is 2.20 bits per heavy atom. The molecule has 0 bridgehead atoms. The van der Waals surface area contributed by atoms with Gasteiger partial charge in [0, 0.05) is 13.1 Å². The molecule has 130 valence electrons. The highest BCUT2D eigenvalue weighted by Crippen LogP contribution is 2.24. The van der Waals surface area contributed by atoms with Crippen molar-refractivity contribution in [3.63, 3.8) is 0 Å². The van der Waals surface area contributed by atoms with E-state index in [1.807, 2.05) is 54.6 Å². The molecule has 1 atom stereocenters. The summed E-state index contributed by atoms with van der Waals surface area (Å²) < 4.78 is 29.0. The summed E-state index contributed by atoms with van der Waals surface area (Å²) in [5.41, 5.74) is 3.05. The van der Waals surface area contributed by atoms with Crippen LogP contribution in [0, 0.1) is 0 Å². The number of nitrogens with zero attached hydrogens (tertiary/aromatic N) is 2. The first-order valence-corrected chi connectivity index (χ1v) is 9.59. The minimum Gasteiger partial charge on any atom is -0.324 e. The molecule has 0 aliphatic rings. The molecule has 1 aromatic heterocycles. The van der Waals surface area contributed by atoms with Gasteiger partial charge in [-0.15, -0.1) is 0 Å². The lowest BCUT2D eigenvalue weighted by atomic mass is 10.0. The van der Waals surface area contributed by atoms with Crippen molar-refractivity contribution < 1.29 is 8.42 Å². The fourth-order valence-corrected chi connectivity index (χ4v) is 4.19. The number of aromatic nitrogens is 2. The Kier molecular flexibility index (Phi) is 4.94. The van der Waals surface area contributed by atoms with Crippen LogP contribution in [0.25, 0.3) is 11.1 Å². The molecule has 1 N–H and O–H groups in total. The van der Waals surface area contributed by atoms with Gasteiger partial charge in [0.1, 0.15) is 5.15 Å². The maximum Gasteiger partial charge on any atom is 0.261 e. The molecule has 0 spiro atoms. The average Bonchev–Trinajstić information content (AvgIpc) is 2.95. The normalized spacial score (nSPS) is 12.9. The van der Waals surface area contributed by atoms with E-state index in [4.69, 9.17) is 11.6 Å². The topological polar surface area (TPSA) is 64.0 Å². The van der Waals surface area contributed by atoms with Crippen LogP contribution >= 0.6 is 11.6 Å². The fraction of sp³-hybridized carbons (Fsp3) is 0.167. The van der Waals surface area contributed by atoms with E-state index in [0.717, 1.165) is 16.7 Å². The Labute approximate surface area is 152 Å². The lowest BCUT2D eigenvalue weighted by Gasteiger charge is -2.14. The summed E-state index contributed by atoms with van der Waals surface area (Å²) >= 11 is 5.99. The molecule has 2 aromatic carbocycles. The van der Waals surface area contributed by atoms with Gasteiger partial charge in [0.25, 0.3) is 10.0 Å². The van der Waals surface area contributed by atoms with E-state index in [-0.39, 0.29) is 10.2 Å². The summed E-state index contributed by atoms with van der Waals surface area (Å²) in [4.78, 5) is 3.87. The van der Waals surface area contributed by atoms with Crippen molar-refractivity contribution in [3.8, 4) is 11.1 Å². The molecule has 3 rings (SSSR count). The third-order valence-corrected chi connectivity index (χ3v) is 5.97. The Morgan fingerprint density at radius 1 is 1.04 bits per heavy atom. The van der Waals surface area contributed by atoms with E-state index in [0.29, 0.717) is 0 Å². The van der Waals surface area contributed by atoms with Crippen molar-refractivity contribution in [2.75, 3.05) is 0 Å². The second-order valence-electron chi connectivity index (χ2n) is 5.78. The molecule has 0 saturated heterocycles. The molecule has 0 fully saturated rings. The van der Waals surface area contributed by atoms with E-state index >= 15 is 0 Å². The smallest absolute Gasteiger partial charge is 0.261 e. The molecule has 0 amide bonds. The van der Waals surface area contributed by atoms with Gasteiger partial charge in [-0.3, -0.25) is 0 Å². The predicted octanol–water partition coefficient (Wildman–Crippen LogP) is 3.78. The Morgan fingerprint density at radius 2 is 1.64 bits per heavy atom. The second-order valence-corrected chi connectivity index (χ2v) is 7.77. The van der Waals surface area contributed by atoms with Crippen LogP contribution in [-0.4, -0.2) is 18.0 Å². The zero-order valence-corrected chi connectivity index (χ0v) is 15.4. The molecule has 0 saturated carbocycles. The van der Waals surface area contributed by atoms with Crippen LogP contribution in [0.3, 0.4) is 0 Å². The minimum absolute atomic E-state index is 0.0825. The average molecular weight is 376 g/mol. The number of hydrogen-bond acceptors (Lipinski definition) is 3. The zero-order valence-electron chi connectivity index (χ0n) is 13.8. The number of imidazole rings is 1. The van der Waals surface area contributed by atoms with Crippen LogP contribution in [0.1, 0.15) is 18.5 Å². The van der Waals surface area contributed by atoms with Gasteiger partial charge in [0.05, 0.1) is 6.33 Å². The number of nitrogens with one attached hydrogen (secondary N) is 1. The molecule has 0 aliphatic heterocycles. The van der Waals surface area contributed by atoms with Gasteiger partial charge >= 0.3 is 0 Å². The standard InChI is InChI=1S/C18H18ClN3O2S/c1-13(21-25(23,24)18-17(19)22(2)12-20-18)14-8-10-16(11-9-14)15-6-4-3-5-7-15/h3-13,21H,1-2H3/t13-/m0/s1. The Bertz CT molecular complexity index is 967. The quantitative estimate of drug-likeness (QED) is 0.738. The van der Waals surface area contributed by atoms with E-state index < -0.39 is 16.1 Å². The summed E-state index contributed by atoms with van der Waals surface area (Å²) in [6.07, 6.45) is 1.37. The van der Waals surface area contributed by atoms with Crippen molar-refractivity contribution in [1.29, 1.82) is 0 Å². The van der Waals surface area contributed by atoms with Gasteiger partial charge < -0.3 is 4.57 Å². The molecular formula is C18H18ClN3O2S. The highest BCUT2D eigenvalue weighted by atomic mass is 35.5. The van der Waals surface area contributed by atoms with Crippen molar-refractivity contribution >= 4 is 21.6 Å². The van der Waals surface area contributed by atoms with Crippen molar-refractivity contribution in [3.05, 3.63) is 71.6 Å². The van der Waals surface area contributed by atoms with E-state index in [2.05, 4.69) is 9.71 Å². The van der Waals surface area contributed by atoms with Gasteiger partial charge in [0.2, 0.25) is 5.03 Å². The number of hydrogen-bond donors (Lipinski definition) is 1.